The number of hydrogen-bond acceptors (Lipinski definition) is 4. The van der Waals surface area contributed by atoms with Crippen LogP contribution in [0.3, 0.4) is 0 Å². The molecule has 3 aromatic carbocycles. The molecule has 0 radical (unpaired) electrons. The van der Waals surface area contributed by atoms with Crippen molar-refractivity contribution in [3.8, 4) is 0 Å². The van der Waals surface area contributed by atoms with E-state index in [4.69, 9.17) is 26.3 Å². The lowest BCUT2D eigenvalue weighted by molar-refractivity contribution is -0.144. The first-order valence-electron chi connectivity index (χ1n) is 12.7. The fourth-order valence-electron chi connectivity index (χ4n) is 4.31. The van der Waals surface area contributed by atoms with Crippen molar-refractivity contribution in [3.63, 3.8) is 0 Å². The molecule has 5 nitrogen and oxygen atoms in total. The van der Waals surface area contributed by atoms with Crippen molar-refractivity contribution in [3.05, 3.63) is 124 Å². The number of esters is 1. The number of rotatable bonds is 11. The van der Waals surface area contributed by atoms with Gasteiger partial charge in [0.25, 0.3) is 0 Å². The maximum atomic E-state index is 13.2. The molecule has 37 heavy (non-hydrogen) atoms. The van der Waals surface area contributed by atoms with Gasteiger partial charge in [-0.25, -0.2) is 9.78 Å². The monoisotopic (exact) mass is 513 g/mol. The number of aryl methyl sites for hydroxylation is 1. The zero-order valence-electron chi connectivity index (χ0n) is 21.3. The predicted molar refractivity (Wildman–Crippen MR) is 149 cm³/mol. The van der Waals surface area contributed by atoms with Gasteiger partial charge in [-0.05, 0) is 25.0 Å². The lowest BCUT2D eigenvalue weighted by Crippen LogP contribution is -2.27. The Hall–Kier alpha value is -3.70. The maximum absolute atomic E-state index is 13.2. The molecule has 0 amide bonds. The number of imidazole rings is 1. The van der Waals surface area contributed by atoms with Crippen LogP contribution < -0.4 is 0 Å². The van der Waals surface area contributed by atoms with Crippen molar-refractivity contribution in [2.45, 2.75) is 45.7 Å². The van der Waals surface area contributed by atoms with Gasteiger partial charge in [-0.1, -0.05) is 97.4 Å². The van der Waals surface area contributed by atoms with E-state index in [9.17, 15) is 4.79 Å². The second-order valence-corrected chi connectivity index (χ2v) is 9.18. The summed E-state index contributed by atoms with van der Waals surface area (Å²) in [6.45, 7) is 4.81. The summed E-state index contributed by atoms with van der Waals surface area (Å²) < 4.78 is 7.65. The lowest BCUT2D eigenvalue weighted by Gasteiger charge is -2.18. The first-order valence-corrected chi connectivity index (χ1v) is 13.1. The van der Waals surface area contributed by atoms with Crippen LogP contribution in [0.2, 0.25) is 5.02 Å². The van der Waals surface area contributed by atoms with Crippen LogP contribution in [0, 0.1) is 0 Å². The third kappa shape index (κ3) is 6.75. The molecule has 1 heterocycles. The van der Waals surface area contributed by atoms with Crippen molar-refractivity contribution in [1.82, 2.24) is 9.55 Å². The van der Waals surface area contributed by atoms with Crippen LogP contribution in [0.15, 0.2) is 96.1 Å². The number of hydrogen-bond donors (Lipinski definition) is 0. The van der Waals surface area contributed by atoms with E-state index < -0.39 is 6.04 Å². The van der Waals surface area contributed by atoms with Crippen LogP contribution in [0.4, 0.5) is 0 Å². The third-order valence-electron chi connectivity index (χ3n) is 6.12. The van der Waals surface area contributed by atoms with Crippen molar-refractivity contribution in [2.75, 3.05) is 6.61 Å². The Balaban J connectivity index is 1.76. The Morgan fingerprint density at radius 3 is 2.16 bits per heavy atom. The lowest BCUT2D eigenvalue weighted by atomic mass is 10.0. The zero-order chi connectivity index (χ0) is 26.0. The van der Waals surface area contributed by atoms with Gasteiger partial charge in [0, 0.05) is 40.9 Å². The van der Waals surface area contributed by atoms with Crippen LogP contribution in [-0.4, -0.2) is 33.9 Å². The van der Waals surface area contributed by atoms with Crippen LogP contribution in [-0.2, 0) is 28.9 Å². The highest BCUT2D eigenvalue weighted by molar-refractivity contribution is 6.31. The van der Waals surface area contributed by atoms with Crippen molar-refractivity contribution >= 4 is 23.3 Å². The van der Waals surface area contributed by atoms with Gasteiger partial charge in [0.15, 0.2) is 6.04 Å². The highest BCUT2D eigenvalue weighted by Crippen LogP contribution is 2.21. The number of nitrogens with zero attached hydrogens (tertiary/aromatic N) is 3. The Morgan fingerprint density at radius 2 is 1.57 bits per heavy atom. The summed E-state index contributed by atoms with van der Waals surface area (Å²) in [5.41, 5.74) is 4.57. The molecule has 1 aromatic heterocycles. The summed E-state index contributed by atoms with van der Waals surface area (Å²) in [6, 6.07) is 27.0. The third-order valence-corrected chi connectivity index (χ3v) is 6.49. The zero-order valence-corrected chi connectivity index (χ0v) is 22.1. The van der Waals surface area contributed by atoms with Crippen molar-refractivity contribution < 1.29 is 9.53 Å². The molecule has 0 fully saturated rings. The summed E-state index contributed by atoms with van der Waals surface area (Å²) in [5.74, 6) is 0.616. The summed E-state index contributed by atoms with van der Waals surface area (Å²) in [4.78, 5) is 23.0. The molecule has 4 aromatic rings. The SMILES string of the molecule is CCCc1ncc(C[C@H](N=C(c2ccccc2)c2ccccc2)C(=O)OCC)n1Cc1ccccc1Cl. The normalized spacial score (nSPS) is 11.6. The molecular weight excluding hydrogens is 482 g/mol. The quantitative estimate of drug-likeness (QED) is 0.169. The van der Waals surface area contributed by atoms with Crippen molar-refractivity contribution in [1.29, 1.82) is 0 Å². The van der Waals surface area contributed by atoms with Gasteiger partial charge in [0.05, 0.1) is 18.9 Å². The number of aromatic nitrogens is 2. The van der Waals surface area contributed by atoms with Crippen LogP contribution in [0.5, 0.6) is 0 Å². The molecule has 0 aliphatic rings. The predicted octanol–water partition coefficient (Wildman–Crippen LogP) is 6.55. The molecule has 0 spiro atoms. The number of benzene rings is 3. The van der Waals surface area contributed by atoms with Gasteiger partial charge in [-0.15, -0.1) is 0 Å². The number of ether oxygens (including phenoxy) is 1. The van der Waals surface area contributed by atoms with Crippen molar-refractivity contribution in [2.24, 2.45) is 4.99 Å². The largest absolute Gasteiger partial charge is 0.464 e. The minimum absolute atomic E-state index is 0.289. The minimum Gasteiger partial charge on any atom is -0.464 e. The van der Waals surface area contributed by atoms with E-state index in [-0.39, 0.29) is 12.6 Å². The first kappa shape index (κ1) is 26.4. The summed E-state index contributed by atoms with van der Waals surface area (Å²) in [6.07, 6.45) is 4.01. The molecule has 0 bridgehead atoms. The Labute approximate surface area is 223 Å². The van der Waals surface area contributed by atoms with E-state index in [2.05, 4.69) is 11.5 Å². The van der Waals surface area contributed by atoms with Gasteiger partial charge >= 0.3 is 5.97 Å². The van der Waals surface area contributed by atoms with Gasteiger partial charge in [0.2, 0.25) is 0 Å². The fraction of sp³-hybridized carbons (Fsp3) is 0.258. The molecule has 0 saturated heterocycles. The minimum atomic E-state index is -0.730. The van der Waals surface area contributed by atoms with E-state index in [0.29, 0.717) is 18.0 Å². The standard InChI is InChI=1S/C31H32ClN3O2/c1-3-13-29-33-21-26(35(29)22-25-18-11-12-19-27(25)32)20-28(31(36)37-4-2)34-30(23-14-7-5-8-15-23)24-16-9-6-10-17-24/h5-12,14-19,21,28H,3-4,13,20,22H2,1-2H3/t28-/m0/s1. The molecule has 0 aliphatic carbocycles. The average Bonchev–Trinajstić information content (AvgIpc) is 3.29. The molecule has 1 atom stereocenters. The second-order valence-electron chi connectivity index (χ2n) is 8.78. The number of carbonyl (C=O) groups is 1. The average molecular weight is 514 g/mol. The molecule has 0 N–H and O–H groups in total. The summed E-state index contributed by atoms with van der Waals surface area (Å²) in [5, 5.41) is 0.708. The Bertz CT molecular complexity index is 1290. The van der Waals surface area contributed by atoms with Crippen LogP contribution in [0.25, 0.3) is 0 Å². The second kappa shape index (κ2) is 13.0. The number of aliphatic imine (C=N–C) groups is 1. The van der Waals surface area contributed by atoms with Crippen LogP contribution >= 0.6 is 11.6 Å². The topological polar surface area (TPSA) is 56.5 Å². The van der Waals surface area contributed by atoms with Crippen LogP contribution in [0.1, 0.15) is 48.5 Å². The van der Waals surface area contributed by atoms with E-state index in [0.717, 1.165) is 46.8 Å². The van der Waals surface area contributed by atoms with Gasteiger partial charge in [-0.2, -0.15) is 0 Å². The highest BCUT2D eigenvalue weighted by atomic mass is 35.5. The summed E-state index contributed by atoms with van der Waals surface area (Å²) in [7, 11) is 0. The van der Waals surface area contributed by atoms with Gasteiger partial charge in [0.1, 0.15) is 5.82 Å². The van der Waals surface area contributed by atoms with E-state index in [1.807, 2.05) is 98.0 Å². The highest BCUT2D eigenvalue weighted by Gasteiger charge is 2.24. The molecule has 190 valence electrons. The molecule has 0 saturated carbocycles. The molecule has 4 rings (SSSR count). The van der Waals surface area contributed by atoms with E-state index >= 15 is 0 Å². The Morgan fingerprint density at radius 1 is 0.946 bits per heavy atom. The molecule has 0 aliphatic heterocycles. The molecule has 6 heteroatoms. The molecule has 0 unspecified atom stereocenters. The van der Waals surface area contributed by atoms with E-state index in [1.54, 1.807) is 0 Å². The van der Waals surface area contributed by atoms with Gasteiger partial charge in [-0.3, -0.25) is 4.99 Å². The smallest absolute Gasteiger partial charge is 0.331 e. The maximum Gasteiger partial charge on any atom is 0.331 e. The van der Waals surface area contributed by atoms with Gasteiger partial charge < -0.3 is 9.30 Å². The van der Waals surface area contributed by atoms with E-state index in [1.165, 1.54) is 0 Å². The Kier molecular flexibility index (Phi) is 9.28. The number of halogens is 1. The fourth-order valence-corrected chi connectivity index (χ4v) is 4.51. The first-order chi connectivity index (χ1) is 18.1. The number of carbonyl (C=O) groups excluding carboxylic acids is 1. The molecular formula is C31H32ClN3O2. The summed E-state index contributed by atoms with van der Waals surface area (Å²) >= 11 is 6.50.